The van der Waals surface area contributed by atoms with Gasteiger partial charge in [-0.05, 0) is 35.9 Å². The summed E-state index contributed by atoms with van der Waals surface area (Å²) >= 11 is 5.75. The number of oxazole rings is 1. The Labute approximate surface area is 120 Å². The second-order valence-corrected chi connectivity index (χ2v) is 4.92. The summed E-state index contributed by atoms with van der Waals surface area (Å²) in [4.78, 5) is 4.28. The van der Waals surface area contributed by atoms with E-state index in [-0.39, 0.29) is 5.02 Å². The zero-order chi connectivity index (χ0) is 14.1. The third-order valence-corrected chi connectivity index (χ3v) is 3.26. The Kier molecular flexibility index (Phi) is 3.32. The third-order valence-electron chi connectivity index (χ3n) is 2.98. The van der Waals surface area contributed by atoms with E-state index in [0.29, 0.717) is 12.4 Å². The first-order chi connectivity index (χ1) is 9.61. The lowest BCUT2D eigenvalue weighted by atomic mass is 10.2. The number of benzene rings is 2. The average Bonchev–Trinajstić information content (AvgIpc) is 2.79. The second kappa shape index (κ2) is 5.13. The van der Waals surface area contributed by atoms with Crippen LogP contribution in [0, 0.1) is 12.7 Å². The maximum atomic E-state index is 13.1. The van der Waals surface area contributed by atoms with E-state index in [1.165, 1.54) is 6.07 Å². The molecule has 102 valence electrons. The highest BCUT2D eigenvalue weighted by molar-refractivity contribution is 6.30. The Morgan fingerprint density at radius 3 is 2.90 bits per heavy atom. The Morgan fingerprint density at radius 1 is 1.25 bits per heavy atom. The van der Waals surface area contributed by atoms with E-state index in [4.69, 9.17) is 16.0 Å². The van der Waals surface area contributed by atoms with E-state index in [9.17, 15) is 4.39 Å². The zero-order valence-electron chi connectivity index (χ0n) is 10.8. The topological polar surface area (TPSA) is 38.1 Å². The largest absolute Gasteiger partial charge is 0.441 e. The molecule has 2 aromatic carbocycles. The minimum atomic E-state index is -0.407. The molecule has 0 aliphatic heterocycles. The van der Waals surface area contributed by atoms with Crippen molar-refractivity contribution >= 4 is 28.4 Å². The molecule has 1 heterocycles. The van der Waals surface area contributed by atoms with Gasteiger partial charge in [0.15, 0.2) is 11.5 Å². The van der Waals surface area contributed by atoms with E-state index in [2.05, 4.69) is 10.3 Å². The predicted octanol–water partition coefficient (Wildman–Crippen LogP) is 4.54. The molecule has 0 spiro atoms. The lowest BCUT2D eigenvalue weighted by Crippen LogP contribution is -1.99. The van der Waals surface area contributed by atoms with Gasteiger partial charge >= 0.3 is 0 Å². The molecule has 3 nitrogen and oxygen atoms in total. The van der Waals surface area contributed by atoms with Crippen molar-refractivity contribution in [3.8, 4) is 0 Å². The molecule has 0 saturated heterocycles. The quantitative estimate of drug-likeness (QED) is 0.769. The molecular formula is C15H12ClFN2O. The zero-order valence-corrected chi connectivity index (χ0v) is 11.5. The summed E-state index contributed by atoms with van der Waals surface area (Å²) in [5, 5.41) is 3.38. The Hall–Kier alpha value is -2.07. The number of halogens is 2. The van der Waals surface area contributed by atoms with Crippen molar-refractivity contribution in [1.82, 2.24) is 4.98 Å². The van der Waals surface area contributed by atoms with Gasteiger partial charge in [0.2, 0.25) is 0 Å². The van der Waals surface area contributed by atoms with Crippen LogP contribution in [0.3, 0.4) is 0 Å². The third kappa shape index (κ3) is 2.60. The van der Waals surface area contributed by atoms with Crippen LogP contribution in [0.2, 0.25) is 5.02 Å². The molecule has 0 atom stereocenters. The number of fused-ring (bicyclic) bond motifs is 1. The summed E-state index contributed by atoms with van der Waals surface area (Å²) in [6.07, 6.45) is 0. The Bertz CT molecular complexity index is 770. The molecule has 20 heavy (non-hydrogen) atoms. The predicted molar refractivity (Wildman–Crippen MR) is 77.5 cm³/mol. The second-order valence-electron chi connectivity index (χ2n) is 4.52. The standard InChI is InChI=1S/C15H12ClFN2O/c1-9-19-14-7-11(3-5-15(14)20-9)18-8-10-2-4-13(17)12(16)6-10/h2-7,18H,8H2,1H3. The summed E-state index contributed by atoms with van der Waals surface area (Å²) in [6, 6.07) is 10.4. The fraction of sp³-hybridized carbons (Fsp3) is 0.133. The normalized spacial score (nSPS) is 10.9. The van der Waals surface area contributed by atoms with Crippen molar-refractivity contribution in [3.05, 3.63) is 58.7 Å². The lowest BCUT2D eigenvalue weighted by Gasteiger charge is -2.07. The van der Waals surface area contributed by atoms with Gasteiger partial charge in [-0.15, -0.1) is 0 Å². The number of rotatable bonds is 3. The maximum Gasteiger partial charge on any atom is 0.192 e. The molecule has 0 saturated carbocycles. The van der Waals surface area contributed by atoms with Crippen LogP contribution in [-0.4, -0.2) is 4.98 Å². The molecule has 5 heteroatoms. The molecular weight excluding hydrogens is 279 g/mol. The number of hydrogen-bond donors (Lipinski definition) is 1. The van der Waals surface area contributed by atoms with Crippen LogP contribution in [0.5, 0.6) is 0 Å². The SMILES string of the molecule is Cc1nc2cc(NCc3ccc(F)c(Cl)c3)ccc2o1. The van der Waals surface area contributed by atoms with Crippen LogP contribution in [0.1, 0.15) is 11.5 Å². The number of aromatic nitrogens is 1. The molecule has 3 rings (SSSR count). The van der Waals surface area contributed by atoms with Gasteiger partial charge in [-0.3, -0.25) is 0 Å². The Morgan fingerprint density at radius 2 is 2.10 bits per heavy atom. The van der Waals surface area contributed by atoms with Gasteiger partial charge in [0, 0.05) is 19.2 Å². The van der Waals surface area contributed by atoms with E-state index >= 15 is 0 Å². The van der Waals surface area contributed by atoms with Crippen LogP contribution < -0.4 is 5.32 Å². The summed E-state index contributed by atoms with van der Waals surface area (Å²) in [6.45, 7) is 2.37. The number of hydrogen-bond acceptors (Lipinski definition) is 3. The van der Waals surface area contributed by atoms with Gasteiger partial charge in [0.05, 0.1) is 5.02 Å². The summed E-state index contributed by atoms with van der Waals surface area (Å²) in [7, 11) is 0. The van der Waals surface area contributed by atoms with Crippen LogP contribution in [0.25, 0.3) is 11.1 Å². The first-order valence-corrected chi connectivity index (χ1v) is 6.54. The van der Waals surface area contributed by atoms with Crippen LogP contribution in [0.4, 0.5) is 10.1 Å². The highest BCUT2D eigenvalue weighted by atomic mass is 35.5. The van der Waals surface area contributed by atoms with Crippen molar-refractivity contribution in [2.45, 2.75) is 13.5 Å². The minimum Gasteiger partial charge on any atom is -0.441 e. The summed E-state index contributed by atoms with van der Waals surface area (Å²) in [5.74, 6) is 0.234. The highest BCUT2D eigenvalue weighted by Crippen LogP contribution is 2.21. The monoisotopic (exact) mass is 290 g/mol. The molecule has 0 aliphatic rings. The lowest BCUT2D eigenvalue weighted by molar-refractivity contribution is 0.561. The van der Waals surface area contributed by atoms with Crippen LogP contribution in [0.15, 0.2) is 40.8 Å². The molecule has 0 fully saturated rings. The van der Waals surface area contributed by atoms with Gasteiger partial charge in [-0.2, -0.15) is 0 Å². The van der Waals surface area contributed by atoms with E-state index in [1.807, 2.05) is 25.1 Å². The van der Waals surface area contributed by atoms with Gasteiger partial charge in [-0.25, -0.2) is 9.37 Å². The molecule has 0 unspecified atom stereocenters. The molecule has 0 radical (unpaired) electrons. The molecule has 0 amide bonds. The van der Waals surface area contributed by atoms with E-state index in [0.717, 1.165) is 22.4 Å². The van der Waals surface area contributed by atoms with E-state index < -0.39 is 5.82 Å². The highest BCUT2D eigenvalue weighted by Gasteiger charge is 2.04. The first-order valence-electron chi connectivity index (χ1n) is 6.17. The van der Waals surface area contributed by atoms with Crippen molar-refractivity contribution < 1.29 is 8.81 Å². The van der Waals surface area contributed by atoms with Crippen molar-refractivity contribution in [3.63, 3.8) is 0 Å². The smallest absolute Gasteiger partial charge is 0.192 e. The maximum absolute atomic E-state index is 13.1. The van der Waals surface area contributed by atoms with Gasteiger partial charge in [-0.1, -0.05) is 17.7 Å². The van der Waals surface area contributed by atoms with Crippen molar-refractivity contribution in [1.29, 1.82) is 0 Å². The first kappa shape index (κ1) is 12.9. The number of nitrogens with zero attached hydrogens (tertiary/aromatic N) is 1. The number of nitrogens with one attached hydrogen (secondary N) is 1. The average molecular weight is 291 g/mol. The molecule has 1 N–H and O–H groups in total. The van der Waals surface area contributed by atoms with Crippen molar-refractivity contribution in [2.75, 3.05) is 5.32 Å². The summed E-state index contributed by atoms with van der Waals surface area (Å²) < 4.78 is 18.5. The van der Waals surface area contributed by atoms with Crippen molar-refractivity contribution in [2.24, 2.45) is 0 Å². The van der Waals surface area contributed by atoms with Gasteiger partial charge in [0.1, 0.15) is 11.3 Å². The van der Waals surface area contributed by atoms with Crippen LogP contribution in [-0.2, 0) is 6.54 Å². The van der Waals surface area contributed by atoms with Gasteiger partial charge in [0.25, 0.3) is 0 Å². The molecule has 0 aliphatic carbocycles. The fourth-order valence-corrected chi connectivity index (χ4v) is 2.21. The molecule has 3 aromatic rings. The molecule has 0 bridgehead atoms. The number of aryl methyl sites for hydroxylation is 1. The van der Waals surface area contributed by atoms with E-state index in [1.54, 1.807) is 12.1 Å². The number of anilines is 1. The Balaban J connectivity index is 1.77. The minimum absolute atomic E-state index is 0.131. The molecule has 1 aromatic heterocycles. The summed E-state index contributed by atoms with van der Waals surface area (Å²) in [5.41, 5.74) is 3.40. The van der Waals surface area contributed by atoms with Crippen LogP contribution >= 0.6 is 11.6 Å². The van der Waals surface area contributed by atoms with Gasteiger partial charge < -0.3 is 9.73 Å². The fourth-order valence-electron chi connectivity index (χ4n) is 2.01.